The van der Waals surface area contributed by atoms with E-state index in [0.29, 0.717) is 13.1 Å². The van der Waals surface area contributed by atoms with Crippen LogP contribution < -0.4 is 10.2 Å². The van der Waals surface area contributed by atoms with Gasteiger partial charge in [0.2, 0.25) is 11.9 Å². The highest BCUT2D eigenvalue weighted by Crippen LogP contribution is 2.15. The van der Waals surface area contributed by atoms with Crippen molar-refractivity contribution in [1.82, 2.24) is 20.2 Å². The first kappa shape index (κ1) is 17.7. The average Bonchev–Trinajstić information content (AvgIpc) is 2.67. The Kier molecular flexibility index (Phi) is 6.64. The highest BCUT2D eigenvalue weighted by Gasteiger charge is 2.20. The Labute approximate surface area is 152 Å². The van der Waals surface area contributed by atoms with Gasteiger partial charge in [-0.25, -0.2) is 9.97 Å². The van der Waals surface area contributed by atoms with Crippen molar-refractivity contribution in [3.8, 4) is 0 Å². The van der Waals surface area contributed by atoms with E-state index in [1.807, 2.05) is 24.3 Å². The Morgan fingerprint density at radius 3 is 2.48 bits per heavy atom. The number of hydrogen-bond donors (Lipinski definition) is 1. The first-order valence-corrected chi connectivity index (χ1v) is 9.49. The third-order valence-corrected chi connectivity index (χ3v) is 5.02. The number of thioether (sulfide) groups is 1. The minimum Gasteiger partial charge on any atom is -0.354 e. The number of nitrogens with zero attached hydrogens (tertiary/aromatic N) is 4. The lowest BCUT2D eigenvalue weighted by atomic mass is 10.3. The number of nitrogens with one attached hydrogen (secondary N) is 1. The lowest BCUT2D eigenvalue weighted by Crippen LogP contribution is -2.50. The zero-order valence-electron chi connectivity index (χ0n) is 14.2. The minimum atomic E-state index is 0.0954. The maximum atomic E-state index is 12.1. The summed E-state index contributed by atoms with van der Waals surface area (Å²) < 4.78 is 0. The van der Waals surface area contributed by atoms with Crippen LogP contribution in [0.1, 0.15) is 0 Å². The summed E-state index contributed by atoms with van der Waals surface area (Å²) in [7, 11) is 0. The molecule has 0 unspecified atom stereocenters. The third-order valence-electron chi connectivity index (χ3n) is 4.01. The van der Waals surface area contributed by atoms with Crippen molar-refractivity contribution in [2.45, 2.75) is 4.90 Å². The van der Waals surface area contributed by atoms with Gasteiger partial charge >= 0.3 is 0 Å². The Morgan fingerprint density at radius 2 is 1.76 bits per heavy atom. The Balaban J connectivity index is 1.31. The van der Waals surface area contributed by atoms with Crippen molar-refractivity contribution in [3.05, 3.63) is 48.8 Å². The molecule has 0 atom stereocenters. The molecule has 2 aromatic rings. The van der Waals surface area contributed by atoms with Gasteiger partial charge in [-0.2, -0.15) is 0 Å². The molecular weight excluding hydrogens is 334 g/mol. The molecule has 25 heavy (non-hydrogen) atoms. The quantitative estimate of drug-likeness (QED) is 0.599. The highest BCUT2D eigenvalue weighted by atomic mass is 32.2. The van der Waals surface area contributed by atoms with E-state index in [-0.39, 0.29) is 5.91 Å². The Hall–Kier alpha value is -2.12. The number of rotatable bonds is 7. The molecular formula is C18H23N5OS. The van der Waals surface area contributed by atoms with Crippen molar-refractivity contribution in [1.29, 1.82) is 0 Å². The molecule has 0 saturated carbocycles. The average molecular weight is 357 g/mol. The van der Waals surface area contributed by atoms with E-state index >= 15 is 0 Å². The maximum absolute atomic E-state index is 12.1. The summed E-state index contributed by atoms with van der Waals surface area (Å²) in [6.45, 7) is 4.55. The van der Waals surface area contributed by atoms with Gasteiger partial charge in [0, 0.05) is 55.8 Å². The molecule has 2 heterocycles. The van der Waals surface area contributed by atoms with E-state index in [2.05, 4.69) is 37.2 Å². The number of carbonyl (C=O) groups is 1. The topological polar surface area (TPSA) is 61.4 Å². The summed E-state index contributed by atoms with van der Waals surface area (Å²) in [6, 6.07) is 12.1. The number of aromatic nitrogens is 2. The number of amides is 1. The predicted molar refractivity (Wildman–Crippen MR) is 101 cm³/mol. The molecule has 1 aromatic carbocycles. The fraction of sp³-hybridized carbons (Fsp3) is 0.389. The predicted octanol–water partition coefficient (Wildman–Crippen LogP) is 1.51. The van der Waals surface area contributed by atoms with Crippen molar-refractivity contribution in [2.24, 2.45) is 0 Å². The van der Waals surface area contributed by atoms with E-state index in [1.165, 1.54) is 4.90 Å². The van der Waals surface area contributed by atoms with Gasteiger partial charge in [-0.3, -0.25) is 9.69 Å². The van der Waals surface area contributed by atoms with Crippen LogP contribution in [-0.2, 0) is 4.79 Å². The zero-order valence-corrected chi connectivity index (χ0v) is 15.0. The molecule has 1 aromatic heterocycles. The second-order valence-electron chi connectivity index (χ2n) is 5.82. The molecule has 7 heteroatoms. The summed E-state index contributed by atoms with van der Waals surface area (Å²) in [4.78, 5) is 26.2. The lowest BCUT2D eigenvalue weighted by Gasteiger charge is -2.34. The summed E-state index contributed by atoms with van der Waals surface area (Å²) in [5, 5.41) is 3.00. The van der Waals surface area contributed by atoms with Gasteiger partial charge in [-0.15, -0.1) is 11.8 Å². The van der Waals surface area contributed by atoms with Crippen LogP contribution in [0.5, 0.6) is 0 Å². The molecule has 6 nitrogen and oxygen atoms in total. The number of anilines is 1. The molecule has 1 aliphatic heterocycles. The van der Waals surface area contributed by atoms with Crippen LogP contribution in [0.4, 0.5) is 5.95 Å². The molecule has 3 rings (SSSR count). The van der Waals surface area contributed by atoms with Gasteiger partial charge in [-0.05, 0) is 18.2 Å². The molecule has 1 fully saturated rings. The summed E-state index contributed by atoms with van der Waals surface area (Å²) in [5.74, 6) is 1.75. The fourth-order valence-electron chi connectivity index (χ4n) is 2.70. The molecule has 1 aliphatic rings. The van der Waals surface area contributed by atoms with Crippen molar-refractivity contribution in [2.75, 3.05) is 49.9 Å². The van der Waals surface area contributed by atoms with Crippen molar-refractivity contribution >= 4 is 23.6 Å². The molecule has 1 amide bonds. The first-order valence-electron chi connectivity index (χ1n) is 8.50. The van der Waals surface area contributed by atoms with Crippen LogP contribution >= 0.6 is 11.8 Å². The molecule has 0 spiro atoms. The van der Waals surface area contributed by atoms with Gasteiger partial charge in [-0.1, -0.05) is 18.2 Å². The minimum absolute atomic E-state index is 0.0954. The molecule has 132 valence electrons. The maximum Gasteiger partial charge on any atom is 0.234 e. The van der Waals surface area contributed by atoms with E-state index in [0.717, 1.165) is 37.9 Å². The van der Waals surface area contributed by atoms with Gasteiger partial charge < -0.3 is 10.2 Å². The van der Waals surface area contributed by atoms with Crippen LogP contribution in [0.2, 0.25) is 0 Å². The van der Waals surface area contributed by atoms with Crippen LogP contribution in [0.15, 0.2) is 53.7 Å². The van der Waals surface area contributed by atoms with Gasteiger partial charge in [0.25, 0.3) is 0 Å². The zero-order chi connectivity index (χ0) is 17.3. The molecule has 1 saturated heterocycles. The van der Waals surface area contributed by atoms with Gasteiger partial charge in [0.15, 0.2) is 0 Å². The molecule has 0 aliphatic carbocycles. The summed E-state index contributed by atoms with van der Waals surface area (Å²) in [5.41, 5.74) is 0. The molecule has 0 bridgehead atoms. The van der Waals surface area contributed by atoms with Crippen LogP contribution in [0, 0.1) is 0 Å². The second kappa shape index (κ2) is 9.39. The number of carbonyl (C=O) groups excluding carboxylic acids is 1. The number of piperazine rings is 1. The van der Waals surface area contributed by atoms with E-state index in [9.17, 15) is 4.79 Å². The smallest absolute Gasteiger partial charge is 0.234 e. The fourth-order valence-corrected chi connectivity index (χ4v) is 3.48. The SMILES string of the molecule is O=C(CN1CCN(c2ncccn2)CC1)NCCSc1ccccc1. The second-order valence-corrected chi connectivity index (χ2v) is 6.99. The Morgan fingerprint density at radius 1 is 1.04 bits per heavy atom. The van der Waals surface area contributed by atoms with Crippen LogP contribution in [-0.4, -0.2) is 65.8 Å². The largest absolute Gasteiger partial charge is 0.354 e. The lowest BCUT2D eigenvalue weighted by molar-refractivity contribution is -0.122. The molecule has 0 radical (unpaired) electrons. The summed E-state index contributed by atoms with van der Waals surface area (Å²) in [6.07, 6.45) is 3.52. The highest BCUT2D eigenvalue weighted by molar-refractivity contribution is 7.99. The van der Waals surface area contributed by atoms with Crippen LogP contribution in [0.25, 0.3) is 0 Å². The first-order chi connectivity index (χ1) is 12.3. The van der Waals surface area contributed by atoms with E-state index < -0.39 is 0 Å². The third kappa shape index (κ3) is 5.72. The van der Waals surface area contributed by atoms with Crippen LogP contribution in [0.3, 0.4) is 0 Å². The number of hydrogen-bond acceptors (Lipinski definition) is 6. The Bertz CT molecular complexity index is 647. The number of benzene rings is 1. The van der Waals surface area contributed by atoms with Crippen molar-refractivity contribution < 1.29 is 4.79 Å². The van der Waals surface area contributed by atoms with E-state index in [1.54, 1.807) is 24.2 Å². The monoisotopic (exact) mass is 357 g/mol. The molecule has 1 N–H and O–H groups in total. The summed E-state index contributed by atoms with van der Waals surface area (Å²) >= 11 is 1.76. The normalized spacial score (nSPS) is 15.1. The van der Waals surface area contributed by atoms with Crippen molar-refractivity contribution in [3.63, 3.8) is 0 Å². The van der Waals surface area contributed by atoms with E-state index in [4.69, 9.17) is 0 Å². The van der Waals surface area contributed by atoms with Gasteiger partial charge in [0.1, 0.15) is 0 Å². The standard InChI is InChI=1S/C18H23N5OS/c24-17(19-9-14-25-16-5-2-1-3-6-16)15-22-10-12-23(13-11-22)18-20-7-4-8-21-18/h1-8H,9-15H2,(H,19,24). The van der Waals surface area contributed by atoms with Gasteiger partial charge in [0.05, 0.1) is 6.54 Å².